The molecule has 0 fully saturated rings. The maximum absolute atomic E-state index is 13.1. The highest BCUT2D eigenvalue weighted by atomic mass is 19.2. The highest BCUT2D eigenvalue weighted by Gasteiger charge is 2.18. The summed E-state index contributed by atoms with van der Waals surface area (Å²) >= 11 is 0. The monoisotopic (exact) mass is 250 g/mol. The topological polar surface area (TPSA) is 34.9 Å². The van der Waals surface area contributed by atoms with Crippen LogP contribution in [0, 0.1) is 18.6 Å². The van der Waals surface area contributed by atoms with E-state index in [1.165, 1.54) is 10.7 Å². The van der Waals surface area contributed by atoms with Crippen LogP contribution in [0.3, 0.4) is 0 Å². The minimum Gasteiger partial charge on any atom is -0.292 e. The molecule has 2 rings (SSSR count). The van der Waals surface area contributed by atoms with Gasteiger partial charge in [-0.3, -0.25) is 9.48 Å². The number of benzene rings is 1. The van der Waals surface area contributed by atoms with Crippen LogP contribution in [0.15, 0.2) is 30.6 Å². The number of rotatable bonds is 3. The third kappa shape index (κ3) is 2.30. The molecular formula is C13H12F2N2O. The number of Topliss-reactive ketones (excluding diaryl/α,β-unsaturated/α-hetero) is 1. The van der Waals surface area contributed by atoms with Gasteiger partial charge in [0.25, 0.3) is 0 Å². The number of carbonyl (C=O) groups excluding carboxylic acids is 1. The van der Waals surface area contributed by atoms with E-state index in [1.54, 1.807) is 19.3 Å². The SMILES string of the molecule is Cc1cnn(C(C)C(=O)c2ccc(F)c(F)c2)c1. The Labute approximate surface area is 103 Å². The Kier molecular flexibility index (Phi) is 3.23. The number of hydrogen-bond donors (Lipinski definition) is 0. The summed E-state index contributed by atoms with van der Waals surface area (Å²) in [5.41, 5.74) is 1.06. The smallest absolute Gasteiger partial charge is 0.187 e. The molecule has 18 heavy (non-hydrogen) atoms. The van der Waals surface area contributed by atoms with E-state index >= 15 is 0 Å². The van der Waals surface area contributed by atoms with Gasteiger partial charge in [0.1, 0.15) is 6.04 Å². The van der Waals surface area contributed by atoms with Gasteiger partial charge in [-0.25, -0.2) is 8.78 Å². The van der Waals surface area contributed by atoms with Crippen molar-refractivity contribution < 1.29 is 13.6 Å². The van der Waals surface area contributed by atoms with E-state index < -0.39 is 17.7 Å². The molecule has 0 amide bonds. The minimum atomic E-state index is -1.02. The van der Waals surface area contributed by atoms with Gasteiger partial charge in [0, 0.05) is 11.8 Å². The predicted molar refractivity (Wildman–Crippen MR) is 62.4 cm³/mol. The molecule has 5 heteroatoms. The average molecular weight is 250 g/mol. The van der Waals surface area contributed by atoms with E-state index in [2.05, 4.69) is 5.10 Å². The Morgan fingerprint density at radius 3 is 2.61 bits per heavy atom. The molecule has 1 heterocycles. The summed E-state index contributed by atoms with van der Waals surface area (Å²) in [7, 11) is 0. The first-order valence-corrected chi connectivity index (χ1v) is 5.49. The second-order valence-corrected chi connectivity index (χ2v) is 4.17. The van der Waals surface area contributed by atoms with Crippen LogP contribution in [0.25, 0.3) is 0 Å². The highest BCUT2D eigenvalue weighted by molar-refractivity contribution is 5.98. The van der Waals surface area contributed by atoms with Crippen molar-refractivity contribution in [3.63, 3.8) is 0 Å². The molecule has 0 radical (unpaired) electrons. The molecule has 0 aliphatic carbocycles. The van der Waals surface area contributed by atoms with Gasteiger partial charge < -0.3 is 0 Å². The number of hydrogen-bond acceptors (Lipinski definition) is 2. The average Bonchev–Trinajstić information content (AvgIpc) is 2.77. The fraction of sp³-hybridized carbons (Fsp3) is 0.231. The standard InChI is InChI=1S/C13H12F2N2O/c1-8-6-16-17(7-8)9(2)13(18)10-3-4-11(14)12(15)5-10/h3-7,9H,1-2H3. The fourth-order valence-electron chi connectivity index (χ4n) is 1.66. The summed E-state index contributed by atoms with van der Waals surface area (Å²) in [6, 6.07) is 2.57. The van der Waals surface area contributed by atoms with Crippen molar-refractivity contribution in [1.82, 2.24) is 9.78 Å². The third-order valence-corrected chi connectivity index (χ3v) is 2.71. The maximum Gasteiger partial charge on any atom is 0.187 e. The zero-order valence-electron chi connectivity index (χ0n) is 10.0. The molecule has 0 aliphatic heterocycles. The van der Waals surface area contributed by atoms with Crippen molar-refractivity contribution in [1.29, 1.82) is 0 Å². The Morgan fingerprint density at radius 2 is 2.06 bits per heavy atom. The van der Waals surface area contributed by atoms with Crippen LogP contribution in [0.1, 0.15) is 28.9 Å². The summed E-state index contributed by atoms with van der Waals surface area (Å²) in [5, 5.41) is 4.03. The second-order valence-electron chi connectivity index (χ2n) is 4.17. The fourth-order valence-corrected chi connectivity index (χ4v) is 1.66. The van der Waals surface area contributed by atoms with Crippen LogP contribution in [0.5, 0.6) is 0 Å². The lowest BCUT2D eigenvalue weighted by Crippen LogP contribution is -2.17. The van der Waals surface area contributed by atoms with Crippen molar-refractivity contribution in [3.05, 3.63) is 53.4 Å². The second kappa shape index (κ2) is 4.68. The number of carbonyl (C=O) groups is 1. The summed E-state index contributed by atoms with van der Waals surface area (Å²) in [6.07, 6.45) is 3.36. The predicted octanol–water partition coefficient (Wildman–Crippen LogP) is 2.91. The lowest BCUT2D eigenvalue weighted by Gasteiger charge is -2.11. The molecule has 3 nitrogen and oxygen atoms in total. The Balaban J connectivity index is 2.28. The molecule has 1 atom stereocenters. The first-order valence-electron chi connectivity index (χ1n) is 5.49. The minimum absolute atomic E-state index is 0.134. The normalized spacial score (nSPS) is 12.4. The lowest BCUT2D eigenvalue weighted by molar-refractivity contribution is 0.0927. The molecule has 1 aromatic heterocycles. The van der Waals surface area contributed by atoms with Crippen LogP contribution in [0.2, 0.25) is 0 Å². The van der Waals surface area contributed by atoms with Crippen LogP contribution in [0.4, 0.5) is 8.78 Å². The van der Waals surface area contributed by atoms with Gasteiger partial charge in [-0.1, -0.05) is 0 Å². The van der Waals surface area contributed by atoms with Crippen LogP contribution in [-0.2, 0) is 0 Å². The van der Waals surface area contributed by atoms with Crippen LogP contribution >= 0.6 is 0 Å². The van der Waals surface area contributed by atoms with E-state index in [1.807, 2.05) is 6.92 Å². The number of ketones is 1. The van der Waals surface area contributed by atoms with E-state index in [9.17, 15) is 13.6 Å². The largest absolute Gasteiger partial charge is 0.292 e. The Morgan fingerprint density at radius 1 is 1.33 bits per heavy atom. The summed E-state index contributed by atoms with van der Waals surface area (Å²) in [4.78, 5) is 12.1. The van der Waals surface area contributed by atoms with E-state index in [0.29, 0.717) is 0 Å². The van der Waals surface area contributed by atoms with Crippen molar-refractivity contribution in [3.8, 4) is 0 Å². The molecule has 2 aromatic rings. The molecule has 1 unspecified atom stereocenters. The molecule has 0 bridgehead atoms. The summed E-state index contributed by atoms with van der Waals surface area (Å²) in [6.45, 7) is 3.52. The van der Waals surface area contributed by atoms with Crippen molar-refractivity contribution in [2.45, 2.75) is 19.9 Å². The van der Waals surface area contributed by atoms with Gasteiger partial charge >= 0.3 is 0 Å². The van der Waals surface area contributed by atoms with Crippen molar-refractivity contribution in [2.24, 2.45) is 0 Å². The summed E-state index contributed by atoms with van der Waals surface area (Å²) < 4.78 is 27.3. The molecule has 0 saturated heterocycles. The third-order valence-electron chi connectivity index (χ3n) is 2.71. The number of halogens is 2. The zero-order valence-corrected chi connectivity index (χ0v) is 10.0. The van der Waals surface area contributed by atoms with E-state index in [4.69, 9.17) is 0 Å². The quantitative estimate of drug-likeness (QED) is 0.785. The molecule has 0 aliphatic rings. The van der Waals surface area contributed by atoms with Gasteiger partial charge in [-0.15, -0.1) is 0 Å². The number of aromatic nitrogens is 2. The lowest BCUT2D eigenvalue weighted by atomic mass is 10.1. The van der Waals surface area contributed by atoms with Crippen molar-refractivity contribution in [2.75, 3.05) is 0 Å². The Hall–Kier alpha value is -2.04. The number of aryl methyl sites for hydroxylation is 1. The van der Waals surface area contributed by atoms with E-state index in [0.717, 1.165) is 17.7 Å². The van der Waals surface area contributed by atoms with Crippen LogP contribution in [-0.4, -0.2) is 15.6 Å². The molecule has 0 saturated carbocycles. The van der Waals surface area contributed by atoms with E-state index in [-0.39, 0.29) is 11.3 Å². The van der Waals surface area contributed by atoms with Gasteiger partial charge in [0.05, 0.1) is 6.20 Å². The van der Waals surface area contributed by atoms with Gasteiger partial charge in [0.15, 0.2) is 17.4 Å². The highest BCUT2D eigenvalue weighted by Crippen LogP contribution is 2.16. The molecular weight excluding hydrogens is 238 g/mol. The molecule has 1 aromatic carbocycles. The van der Waals surface area contributed by atoms with Gasteiger partial charge in [-0.05, 0) is 37.6 Å². The summed E-state index contributed by atoms with van der Waals surface area (Å²) in [5.74, 6) is -2.30. The van der Waals surface area contributed by atoms with Gasteiger partial charge in [0.2, 0.25) is 0 Å². The molecule has 94 valence electrons. The van der Waals surface area contributed by atoms with Crippen molar-refractivity contribution >= 4 is 5.78 Å². The van der Waals surface area contributed by atoms with Gasteiger partial charge in [-0.2, -0.15) is 5.10 Å². The first kappa shape index (κ1) is 12.4. The number of nitrogens with zero attached hydrogens (tertiary/aromatic N) is 2. The first-order chi connectivity index (χ1) is 8.49. The molecule has 0 spiro atoms. The maximum atomic E-state index is 13.1. The molecule has 0 N–H and O–H groups in total. The Bertz CT molecular complexity index is 592. The zero-order chi connectivity index (χ0) is 13.3. The van der Waals surface area contributed by atoms with Crippen LogP contribution < -0.4 is 0 Å².